The molecule has 0 bridgehead atoms. The number of imidazole rings is 1. The molecule has 0 fully saturated rings. The van der Waals surface area contributed by atoms with Crippen molar-refractivity contribution in [1.29, 1.82) is 0 Å². The number of aromatic amines is 1. The van der Waals surface area contributed by atoms with Crippen LogP contribution < -0.4 is 0 Å². The lowest BCUT2D eigenvalue weighted by atomic mass is 10.2. The largest absolute Gasteiger partial charge is 0.354 e. The summed E-state index contributed by atoms with van der Waals surface area (Å²) in [6, 6.07) is 54.9. The molecule has 0 spiro atoms. The second-order valence-electron chi connectivity index (χ2n) is 16.4. The van der Waals surface area contributed by atoms with E-state index in [-0.39, 0.29) is 44.6 Å². The minimum Gasteiger partial charge on any atom is -0.354 e. The van der Waals surface area contributed by atoms with Gasteiger partial charge in [-0.3, -0.25) is 15.0 Å². The molecule has 8 nitrogen and oxygen atoms in total. The molecule has 0 saturated carbocycles. The van der Waals surface area contributed by atoms with Gasteiger partial charge >= 0.3 is 0 Å². The van der Waals surface area contributed by atoms with Gasteiger partial charge in [-0.1, -0.05) is 189 Å². The van der Waals surface area contributed by atoms with Gasteiger partial charge in [0.2, 0.25) is 0 Å². The highest BCUT2D eigenvalue weighted by molar-refractivity contribution is 5.74. The second-order valence-corrected chi connectivity index (χ2v) is 16.4. The molecule has 0 unspecified atom stereocenters. The molecule has 10 rings (SSSR count). The Morgan fingerprint density at radius 1 is 0.395 bits per heavy atom. The van der Waals surface area contributed by atoms with E-state index in [2.05, 4.69) is 166 Å². The van der Waals surface area contributed by atoms with E-state index in [1.54, 1.807) is 43.2 Å². The van der Waals surface area contributed by atoms with Crippen LogP contribution in [0.25, 0.3) is 11.0 Å². The fourth-order valence-electron chi connectivity index (χ4n) is 5.61. The van der Waals surface area contributed by atoms with E-state index in [4.69, 9.17) is 0 Å². The Morgan fingerprint density at radius 3 is 1.24 bits per heavy atom. The predicted octanol–water partition coefficient (Wildman–Crippen LogP) is 19.5. The normalized spacial score (nSPS) is 8.51. The fourth-order valence-corrected chi connectivity index (χ4v) is 5.61. The molecule has 412 valence electrons. The van der Waals surface area contributed by atoms with Crippen LogP contribution in [0.1, 0.15) is 121 Å². The highest BCUT2D eigenvalue weighted by Gasteiger charge is 1.94. The summed E-state index contributed by atoms with van der Waals surface area (Å²) in [4.78, 5) is 26.8. The lowest BCUT2D eigenvalue weighted by Gasteiger charge is -1.97. The number of para-hydroxylation sites is 2. The Bertz CT molecular complexity index is 2420. The summed E-state index contributed by atoms with van der Waals surface area (Å²) in [6.07, 6.45) is 19.2. The average molecular weight is 1030 g/mol. The van der Waals surface area contributed by atoms with Gasteiger partial charge in [0.15, 0.2) is 0 Å². The zero-order valence-electron chi connectivity index (χ0n) is 43.5. The summed E-state index contributed by atoms with van der Waals surface area (Å²) >= 11 is 0. The number of nitrogens with zero attached hydrogens (tertiary/aromatic N) is 7. The highest BCUT2D eigenvalue weighted by Crippen LogP contribution is 2.09. The van der Waals surface area contributed by atoms with Gasteiger partial charge in [-0.05, 0) is 147 Å². The average Bonchev–Trinajstić information content (AvgIpc) is 4.04. The second kappa shape index (κ2) is 49.4. The van der Waals surface area contributed by atoms with Gasteiger partial charge in [0.05, 0.1) is 11.0 Å². The Labute approximate surface area is 464 Å². The third kappa shape index (κ3) is 41.6. The van der Waals surface area contributed by atoms with Crippen LogP contribution in [0.5, 0.6) is 0 Å². The molecule has 10 aromatic rings. The quantitative estimate of drug-likeness (QED) is 0.189. The number of H-pyrrole nitrogens is 1. The molecule has 6 heterocycles. The minimum atomic E-state index is 0. The maximum Gasteiger partial charge on any atom is 0.125 e. The molecule has 0 aliphatic heterocycles. The standard InChI is InChI=1S/C8H8N2.C8H13N.2C8H10.C7H8.3C6H7N.C5H6N2.6CH4/c1-6-9-7-4-2-3-5-8(7)10-6;1-2-3-6-9-7-4-5-8-9;1-7-3-5-8(2)6-4-7;1-7-4-3-5-8(2)6-7;1-7-5-3-2-4-6-7;1-6-2-4-7-5-3-6;1-6-3-2-4-7-5-6;1-6-4-2-3-5-7-6;1-5-6-3-2-4-7-5;;;;;;/h2-5H,1H3,(H,9,10);4-5,7-8H,2-3,6H2,1H3;2*3-6H,1-2H3;2-6H,1H3;3*2-5H,1H3;2-4H,1H3;6*1H4. The number of rotatable bonds is 3. The van der Waals surface area contributed by atoms with E-state index < -0.39 is 0 Å². The van der Waals surface area contributed by atoms with Gasteiger partial charge < -0.3 is 9.55 Å². The van der Waals surface area contributed by atoms with Crippen LogP contribution in [-0.4, -0.2) is 39.5 Å². The van der Waals surface area contributed by atoms with Gasteiger partial charge in [0.1, 0.15) is 11.6 Å². The molecule has 4 aromatic carbocycles. The van der Waals surface area contributed by atoms with Crippen molar-refractivity contribution in [3.05, 3.63) is 276 Å². The highest BCUT2D eigenvalue weighted by atomic mass is 14.9. The van der Waals surface area contributed by atoms with Crippen molar-refractivity contribution in [3.63, 3.8) is 0 Å². The number of aromatic nitrogens is 8. The van der Waals surface area contributed by atoms with E-state index in [1.165, 1.54) is 58.3 Å². The third-order valence-electron chi connectivity index (χ3n) is 9.44. The van der Waals surface area contributed by atoms with Crippen molar-refractivity contribution >= 4 is 11.0 Å². The van der Waals surface area contributed by atoms with Crippen LogP contribution in [0.15, 0.2) is 220 Å². The zero-order chi connectivity index (χ0) is 51.0. The number of hydrogen-bond acceptors (Lipinski definition) is 6. The molecule has 0 amide bonds. The predicted molar refractivity (Wildman–Crippen MR) is 337 cm³/mol. The summed E-state index contributed by atoms with van der Waals surface area (Å²) in [5.74, 6) is 1.80. The molecule has 0 atom stereocenters. The number of hydrogen-bond donors (Lipinski definition) is 1. The van der Waals surface area contributed by atoms with Gasteiger partial charge in [0.25, 0.3) is 0 Å². The van der Waals surface area contributed by atoms with Crippen molar-refractivity contribution < 1.29 is 0 Å². The lowest BCUT2D eigenvalue weighted by Crippen LogP contribution is -1.91. The Kier molecular flexibility index (Phi) is 50.1. The number of nitrogens with one attached hydrogen (secondary N) is 1. The number of aryl methyl sites for hydroxylation is 11. The Balaban J connectivity index is -0.000000247. The molecule has 8 heteroatoms. The number of benzene rings is 4. The van der Waals surface area contributed by atoms with Gasteiger partial charge in [-0.25, -0.2) is 15.0 Å². The fraction of sp³-hybridized carbons (Fsp3) is 0.294. The van der Waals surface area contributed by atoms with E-state index in [1.807, 2.05) is 126 Å². The summed E-state index contributed by atoms with van der Waals surface area (Å²) < 4.78 is 2.21. The summed E-state index contributed by atoms with van der Waals surface area (Å²) in [7, 11) is 0. The summed E-state index contributed by atoms with van der Waals surface area (Å²) in [5, 5.41) is 0. The molecule has 76 heavy (non-hydrogen) atoms. The summed E-state index contributed by atoms with van der Waals surface area (Å²) in [5.41, 5.74) is 12.4. The monoisotopic (exact) mass is 1030 g/mol. The molecule has 0 saturated heterocycles. The zero-order valence-corrected chi connectivity index (χ0v) is 43.5. The smallest absolute Gasteiger partial charge is 0.125 e. The molecule has 0 radical (unpaired) electrons. The number of pyridine rings is 3. The maximum atomic E-state index is 4.26. The number of fused-ring (bicyclic) bond motifs is 1. The molecule has 1 N–H and O–H groups in total. The molecule has 0 aliphatic carbocycles. The van der Waals surface area contributed by atoms with E-state index in [0.717, 1.165) is 28.4 Å². The van der Waals surface area contributed by atoms with E-state index in [0.29, 0.717) is 0 Å². The first kappa shape index (κ1) is 77.1. The topological polar surface area (TPSA) is 98.1 Å². The SMILES string of the molecule is C.C.C.C.C.C.CCCCn1cccc1.Cc1ccc(C)cc1.Cc1cccc(C)c1.Cc1ccccc1.Cc1ccccn1.Cc1cccnc1.Cc1ccncc1.Cc1nc2ccccc2[nH]1.Cc1ncccn1. The third-order valence-corrected chi connectivity index (χ3v) is 9.44. The first-order valence-corrected chi connectivity index (χ1v) is 23.8. The van der Waals surface area contributed by atoms with Gasteiger partial charge in [0, 0.05) is 68.0 Å². The van der Waals surface area contributed by atoms with Crippen LogP contribution in [0.3, 0.4) is 0 Å². The summed E-state index contributed by atoms with van der Waals surface area (Å²) in [6.45, 7) is 23.7. The molecular weight excluding hydrogens is 929 g/mol. The van der Waals surface area contributed by atoms with Crippen LogP contribution in [0.2, 0.25) is 0 Å². The molecule has 0 aliphatic rings. The molecule has 6 aromatic heterocycles. The lowest BCUT2D eigenvalue weighted by molar-refractivity contribution is 0.635. The van der Waals surface area contributed by atoms with Crippen LogP contribution in [0.4, 0.5) is 0 Å². The number of unbranched alkanes of at least 4 members (excludes halogenated alkanes) is 1. The Morgan fingerprint density at radius 2 is 0.882 bits per heavy atom. The first-order chi connectivity index (χ1) is 33.8. The van der Waals surface area contributed by atoms with Crippen molar-refractivity contribution in [3.8, 4) is 0 Å². The van der Waals surface area contributed by atoms with Crippen LogP contribution in [-0.2, 0) is 6.54 Å². The van der Waals surface area contributed by atoms with Crippen molar-refractivity contribution in [1.82, 2.24) is 39.5 Å². The van der Waals surface area contributed by atoms with Crippen molar-refractivity contribution in [2.75, 3.05) is 0 Å². The van der Waals surface area contributed by atoms with Gasteiger partial charge in [-0.2, -0.15) is 0 Å². The first-order valence-electron chi connectivity index (χ1n) is 23.8. The van der Waals surface area contributed by atoms with Crippen molar-refractivity contribution in [2.24, 2.45) is 0 Å². The van der Waals surface area contributed by atoms with Gasteiger partial charge in [-0.15, -0.1) is 0 Å². The van der Waals surface area contributed by atoms with Crippen LogP contribution >= 0.6 is 0 Å². The minimum absolute atomic E-state index is 0. The van der Waals surface area contributed by atoms with Crippen molar-refractivity contribution in [2.45, 2.75) is 140 Å². The Hall–Kier alpha value is -7.84. The molecular formula is C68H100N8. The maximum absolute atomic E-state index is 4.26. The van der Waals surface area contributed by atoms with Crippen LogP contribution in [0, 0.1) is 69.2 Å². The van der Waals surface area contributed by atoms with E-state index in [9.17, 15) is 0 Å². The van der Waals surface area contributed by atoms with E-state index >= 15 is 0 Å².